The average molecular weight is 358 g/mol. The number of nitrogens with zero attached hydrogens (tertiary/aromatic N) is 2. The highest BCUT2D eigenvalue weighted by atomic mass is 19.3. The van der Waals surface area contributed by atoms with Gasteiger partial charge >= 0.3 is 0 Å². The van der Waals surface area contributed by atoms with Crippen LogP contribution in [0.1, 0.15) is 38.5 Å². The van der Waals surface area contributed by atoms with Gasteiger partial charge < -0.3 is 14.4 Å². The number of rotatable bonds is 3. The molecule has 4 fully saturated rings. The summed E-state index contributed by atoms with van der Waals surface area (Å²) in [5.74, 6) is -3.22. The van der Waals surface area contributed by atoms with Gasteiger partial charge in [-0.05, 0) is 25.7 Å². The van der Waals surface area contributed by atoms with E-state index in [0.717, 1.165) is 58.5 Å². The number of ether oxygens (including phenoxy) is 2. The lowest BCUT2D eigenvalue weighted by Gasteiger charge is -2.41. The van der Waals surface area contributed by atoms with Crippen molar-refractivity contribution in [2.75, 3.05) is 45.9 Å². The molecule has 0 bridgehead atoms. The number of carbonyl (C=O) groups is 1. The lowest BCUT2D eigenvalue weighted by Crippen LogP contribution is -2.50. The van der Waals surface area contributed by atoms with Crippen LogP contribution in [-0.4, -0.2) is 79.3 Å². The Kier molecular flexibility index (Phi) is 4.75. The Labute approximate surface area is 147 Å². The van der Waals surface area contributed by atoms with Crippen LogP contribution in [0.4, 0.5) is 8.78 Å². The maximum absolute atomic E-state index is 13.0. The molecule has 0 unspecified atom stereocenters. The van der Waals surface area contributed by atoms with E-state index in [9.17, 15) is 13.6 Å². The molecule has 0 N–H and O–H groups in total. The van der Waals surface area contributed by atoms with Gasteiger partial charge in [0.2, 0.25) is 11.8 Å². The van der Waals surface area contributed by atoms with Crippen molar-refractivity contribution in [1.82, 2.24) is 9.80 Å². The summed E-state index contributed by atoms with van der Waals surface area (Å²) in [7, 11) is 0. The molecule has 4 aliphatic rings. The van der Waals surface area contributed by atoms with Crippen LogP contribution in [0.3, 0.4) is 0 Å². The van der Waals surface area contributed by atoms with Crippen LogP contribution < -0.4 is 0 Å². The Balaban J connectivity index is 1.30. The van der Waals surface area contributed by atoms with Crippen LogP contribution in [0.5, 0.6) is 0 Å². The van der Waals surface area contributed by atoms with E-state index in [2.05, 4.69) is 4.90 Å². The van der Waals surface area contributed by atoms with Crippen molar-refractivity contribution in [1.29, 1.82) is 0 Å². The van der Waals surface area contributed by atoms with Crippen molar-refractivity contribution in [2.24, 2.45) is 5.92 Å². The molecule has 5 nitrogen and oxygen atoms in total. The normalized spacial score (nSPS) is 36.6. The van der Waals surface area contributed by atoms with Gasteiger partial charge in [-0.3, -0.25) is 9.69 Å². The Bertz CT molecular complexity index is 505. The van der Waals surface area contributed by atoms with E-state index in [1.54, 1.807) is 4.90 Å². The fourth-order valence-electron chi connectivity index (χ4n) is 4.75. The molecule has 3 heterocycles. The SMILES string of the molecule is O=C(C1CC(F)(F)C1)N1CC[C@]2(CCC[C@@H](CN3CCOCC3)O2)C1. The van der Waals surface area contributed by atoms with E-state index in [1.165, 1.54) is 0 Å². The van der Waals surface area contributed by atoms with Crippen molar-refractivity contribution in [3.05, 3.63) is 0 Å². The number of hydrogen-bond acceptors (Lipinski definition) is 4. The predicted molar refractivity (Wildman–Crippen MR) is 87.6 cm³/mol. The fraction of sp³-hybridized carbons (Fsp3) is 0.944. The summed E-state index contributed by atoms with van der Waals surface area (Å²) in [5.41, 5.74) is -0.253. The van der Waals surface area contributed by atoms with Crippen LogP contribution in [0.15, 0.2) is 0 Å². The van der Waals surface area contributed by atoms with Crippen molar-refractivity contribution in [2.45, 2.75) is 56.2 Å². The summed E-state index contributed by atoms with van der Waals surface area (Å²) in [6.45, 7) is 5.62. The van der Waals surface area contributed by atoms with Crippen LogP contribution in [-0.2, 0) is 14.3 Å². The smallest absolute Gasteiger partial charge is 0.249 e. The number of halogens is 2. The van der Waals surface area contributed by atoms with Crippen molar-refractivity contribution in [3.63, 3.8) is 0 Å². The Morgan fingerprint density at radius 2 is 1.88 bits per heavy atom. The number of amides is 1. The minimum atomic E-state index is -2.64. The van der Waals surface area contributed by atoms with E-state index < -0.39 is 11.8 Å². The standard InChI is InChI=1S/C18H28F2N2O3/c19-18(20)10-14(11-18)16(23)22-5-4-17(13-22)3-1-2-15(25-17)12-21-6-8-24-9-7-21/h14-15H,1-13H2/t15-,17+/m0/s1. The third kappa shape index (κ3) is 3.83. The Hall–Kier alpha value is -0.790. The van der Waals surface area contributed by atoms with Gasteiger partial charge in [0.15, 0.2) is 0 Å². The molecule has 7 heteroatoms. The molecule has 0 aromatic carbocycles. The zero-order valence-electron chi connectivity index (χ0n) is 14.7. The number of likely N-dealkylation sites (tertiary alicyclic amines) is 1. The van der Waals surface area contributed by atoms with Crippen molar-refractivity contribution >= 4 is 5.91 Å². The van der Waals surface area contributed by atoms with Crippen LogP contribution in [0.25, 0.3) is 0 Å². The zero-order valence-corrected chi connectivity index (χ0v) is 14.7. The molecule has 25 heavy (non-hydrogen) atoms. The first-order valence-electron chi connectivity index (χ1n) is 9.59. The number of alkyl halides is 2. The van der Waals surface area contributed by atoms with Gasteiger partial charge in [0.05, 0.1) is 24.9 Å². The molecule has 142 valence electrons. The molecule has 3 aliphatic heterocycles. The summed E-state index contributed by atoms with van der Waals surface area (Å²) in [6, 6.07) is 0. The molecule has 0 aromatic heterocycles. The molecule has 1 amide bonds. The van der Waals surface area contributed by atoms with Gasteiger partial charge in [-0.15, -0.1) is 0 Å². The predicted octanol–water partition coefficient (Wildman–Crippen LogP) is 1.90. The van der Waals surface area contributed by atoms with Gasteiger partial charge in [-0.2, -0.15) is 0 Å². The highest BCUT2D eigenvalue weighted by molar-refractivity contribution is 5.80. The van der Waals surface area contributed by atoms with E-state index in [-0.39, 0.29) is 30.5 Å². The minimum absolute atomic E-state index is 0.0956. The maximum atomic E-state index is 13.0. The lowest BCUT2D eigenvalue weighted by molar-refractivity contribution is -0.163. The largest absolute Gasteiger partial charge is 0.379 e. The van der Waals surface area contributed by atoms with Crippen molar-refractivity contribution < 1.29 is 23.0 Å². The average Bonchev–Trinajstić information content (AvgIpc) is 2.96. The Morgan fingerprint density at radius 1 is 1.12 bits per heavy atom. The maximum Gasteiger partial charge on any atom is 0.249 e. The Morgan fingerprint density at radius 3 is 2.60 bits per heavy atom. The molecule has 2 atom stereocenters. The molecule has 0 radical (unpaired) electrons. The summed E-state index contributed by atoms with van der Waals surface area (Å²) >= 11 is 0. The van der Waals surface area contributed by atoms with E-state index in [1.807, 2.05) is 0 Å². The van der Waals surface area contributed by atoms with E-state index in [0.29, 0.717) is 13.1 Å². The van der Waals surface area contributed by atoms with Crippen LogP contribution in [0, 0.1) is 5.92 Å². The van der Waals surface area contributed by atoms with Crippen molar-refractivity contribution in [3.8, 4) is 0 Å². The zero-order chi connectivity index (χ0) is 17.5. The monoisotopic (exact) mass is 358 g/mol. The lowest BCUT2D eigenvalue weighted by atomic mass is 9.80. The summed E-state index contributed by atoms with van der Waals surface area (Å²) < 4.78 is 38.0. The second kappa shape index (κ2) is 6.74. The summed E-state index contributed by atoms with van der Waals surface area (Å²) in [6.07, 6.45) is 3.61. The quantitative estimate of drug-likeness (QED) is 0.773. The molecule has 3 saturated heterocycles. The summed E-state index contributed by atoms with van der Waals surface area (Å²) in [4.78, 5) is 16.6. The highest BCUT2D eigenvalue weighted by Gasteiger charge is 2.52. The second-order valence-corrected chi connectivity index (χ2v) is 8.20. The van der Waals surface area contributed by atoms with Crippen LogP contribution in [0.2, 0.25) is 0 Å². The highest BCUT2D eigenvalue weighted by Crippen LogP contribution is 2.45. The molecule has 1 aliphatic carbocycles. The first-order chi connectivity index (χ1) is 11.9. The molecule has 4 rings (SSSR count). The second-order valence-electron chi connectivity index (χ2n) is 8.20. The van der Waals surface area contributed by atoms with E-state index in [4.69, 9.17) is 9.47 Å². The molecule has 1 spiro atoms. The third-order valence-corrected chi connectivity index (χ3v) is 6.21. The first-order valence-corrected chi connectivity index (χ1v) is 9.59. The molecular formula is C18H28F2N2O3. The minimum Gasteiger partial charge on any atom is -0.379 e. The molecular weight excluding hydrogens is 330 g/mol. The van der Waals surface area contributed by atoms with Crippen LogP contribution >= 0.6 is 0 Å². The number of carbonyl (C=O) groups excluding carboxylic acids is 1. The fourth-order valence-corrected chi connectivity index (χ4v) is 4.75. The van der Waals surface area contributed by atoms with Gasteiger partial charge in [0.1, 0.15) is 0 Å². The van der Waals surface area contributed by atoms with Gasteiger partial charge in [-0.1, -0.05) is 0 Å². The van der Waals surface area contributed by atoms with Gasteiger partial charge in [0, 0.05) is 51.5 Å². The van der Waals surface area contributed by atoms with E-state index >= 15 is 0 Å². The first kappa shape index (κ1) is 17.6. The summed E-state index contributed by atoms with van der Waals surface area (Å²) in [5, 5.41) is 0. The molecule has 0 aromatic rings. The number of hydrogen-bond donors (Lipinski definition) is 0. The topological polar surface area (TPSA) is 42.0 Å². The third-order valence-electron chi connectivity index (χ3n) is 6.21. The molecule has 1 saturated carbocycles. The van der Waals surface area contributed by atoms with Gasteiger partial charge in [0.25, 0.3) is 0 Å². The number of morpholine rings is 1. The van der Waals surface area contributed by atoms with Gasteiger partial charge in [-0.25, -0.2) is 8.78 Å².